The average Bonchev–Trinajstić information content (AvgIpc) is 2.83. The number of rotatable bonds is 6. The van der Waals surface area contributed by atoms with Gasteiger partial charge in [0.2, 0.25) is 0 Å². The summed E-state index contributed by atoms with van der Waals surface area (Å²) >= 11 is 9.34. The second kappa shape index (κ2) is 10.2. The molecule has 0 saturated heterocycles. The van der Waals surface area contributed by atoms with Gasteiger partial charge in [0.25, 0.3) is 11.2 Å². The number of hydrogen-bond donors (Lipinski definition) is 0. The van der Waals surface area contributed by atoms with Crippen molar-refractivity contribution in [1.82, 2.24) is 9.66 Å². The third kappa shape index (κ3) is 5.63. The van der Waals surface area contributed by atoms with Crippen molar-refractivity contribution in [2.45, 2.75) is 32.8 Å². The predicted octanol–water partition coefficient (Wildman–Crippen LogP) is 6.48. The van der Waals surface area contributed by atoms with Gasteiger partial charge in [0.1, 0.15) is 18.2 Å². The summed E-state index contributed by atoms with van der Waals surface area (Å²) in [5.74, 6) is 0.828. The zero-order chi connectivity index (χ0) is 26.0. The molecule has 0 aliphatic heterocycles. The Morgan fingerprint density at radius 1 is 1.14 bits per heavy atom. The Bertz CT molecular complexity index is 1540. The first-order valence-corrected chi connectivity index (χ1v) is 12.1. The van der Waals surface area contributed by atoms with E-state index < -0.39 is 10.3 Å². The molecule has 1 aromatic heterocycles. The van der Waals surface area contributed by atoms with E-state index in [-0.39, 0.29) is 17.9 Å². The summed E-state index contributed by atoms with van der Waals surface area (Å²) in [6.07, 6.45) is 1.38. The Hall–Kier alpha value is -3.56. The lowest BCUT2D eigenvalue weighted by atomic mass is 9.95. The summed E-state index contributed by atoms with van der Waals surface area (Å²) in [5.41, 5.74) is 0.794. The fraction of sp³-hybridized carbons (Fsp3) is 0.192. The van der Waals surface area contributed by atoms with Gasteiger partial charge in [0.05, 0.1) is 22.0 Å². The number of ether oxygens (including phenoxy) is 1. The van der Waals surface area contributed by atoms with Crippen LogP contribution in [0.4, 0.5) is 5.69 Å². The van der Waals surface area contributed by atoms with Crippen molar-refractivity contribution in [3.05, 3.63) is 108 Å². The summed E-state index contributed by atoms with van der Waals surface area (Å²) in [4.78, 5) is 29.0. The van der Waals surface area contributed by atoms with Crippen LogP contribution in [0.1, 0.15) is 37.7 Å². The molecule has 4 rings (SSSR count). The largest absolute Gasteiger partial charge is 0.488 e. The third-order valence-electron chi connectivity index (χ3n) is 5.30. The summed E-state index contributed by atoms with van der Waals surface area (Å²) in [5, 5.41) is 16.8. The number of fused-ring (bicyclic) bond motifs is 1. The lowest BCUT2D eigenvalue weighted by Gasteiger charge is -2.21. The van der Waals surface area contributed by atoms with Crippen molar-refractivity contribution < 1.29 is 9.66 Å². The molecule has 36 heavy (non-hydrogen) atoms. The SMILES string of the molecule is CC(C)(C)c1nc2ccc(Br)cc2c(=O)n1N=Cc1cc([N+](=O)[O-])ccc1OCc1ccc(Cl)cc1. The normalized spacial score (nSPS) is 11.8. The second-order valence-electron chi connectivity index (χ2n) is 9.10. The Morgan fingerprint density at radius 2 is 1.86 bits per heavy atom. The zero-order valence-electron chi connectivity index (χ0n) is 19.7. The van der Waals surface area contributed by atoms with Gasteiger partial charge >= 0.3 is 0 Å². The van der Waals surface area contributed by atoms with Gasteiger partial charge in [-0.2, -0.15) is 9.78 Å². The number of nitro groups is 1. The van der Waals surface area contributed by atoms with Gasteiger partial charge in [0.15, 0.2) is 0 Å². The number of benzene rings is 3. The van der Waals surface area contributed by atoms with Gasteiger partial charge in [-0.15, -0.1) is 0 Å². The number of nitrogens with zero attached hydrogens (tertiary/aromatic N) is 4. The van der Waals surface area contributed by atoms with Crippen LogP contribution in [0.3, 0.4) is 0 Å². The maximum absolute atomic E-state index is 13.4. The molecule has 0 radical (unpaired) electrons. The second-order valence-corrected chi connectivity index (χ2v) is 10.5. The van der Waals surface area contributed by atoms with Crippen LogP contribution in [0, 0.1) is 10.1 Å². The minimum atomic E-state index is -0.506. The molecule has 0 unspecified atom stereocenters. The lowest BCUT2D eigenvalue weighted by molar-refractivity contribution is -0.384. The monoisotopic (exact) mass is 568 g/mol. The van der Waals surface area contributed by atoms with Crippen LogP contribution in [0.25, 0.3) is 10.9 Å². The van der Waals surface area contributed by atoms with Crippen molar-refractivity contribution in [1.29, 1.82) is 0 Å². The van der Waals surface area contributed by atoms with Gasteiger partial charge < -0.3 is 4.74 Å². The van der Waals surface area contributed by atoms with Crippen LogP contribution in [0.5, 0.6) is 5.75 Å². The molecule has 0 spiro atoms. The number of halogens is 2. The number of hydrogen-bond acceptors (Lipinski definition) is 6. The molecule has 10 heteroatoms. The first kappa shape index (κ1) is 25.5. The topological polar surface area (TPSA) is 99.6 Å². The fourth-order valence-corrected chi connectivity index (χ4v) is 3.97. The minimum Gasteiger partial charge on any atom is -0.488 e. The molecule has 1 heterocycles. The van der Waals surface area contributed by atoms with Crippen LogP contribution in [-0.2, 0) is 12.0 Å². The molecular formula is C26H22BrClN4O4. The Kier molecular flexibility index (Phi) is 7.23. The van der Waals surface area contributed by atoms with E-state index in [1.807, 2.05) is 39.0 Å². The van der Waals surface area contributed by atoms with Crippen molar-refractivity contribution >= 4 is 50.3 Å². The number of aromatic nitrogens is 2. The molecule has 0 aliphatic carbocycles. The van der Waals surface area contributed by atoms with Crippen LogP contribution in [-0.4, -0.2) is 20.8 Å². The van der Waals surface area contributed by atoms with Gasteiger partial charge in [-0.05, 0) is 42.0 Å². The smallest absolute Gasteiger partial charge is 0.282 e. The maximum Gasteiger partial charge on any atom is 0.282 e. The van der Waals surface area contributed by atoms with Gasteiger partial charge in [-0.3, -0.25) is 14.9 Å². The molecule has 4 aromatic rings. The molecule has 184 valence electrons. The molecule has 0 bridgehead atoms. The van der Waals surface area contributed by atoms with Gasteiger partial charge in [0, 0.05) is 32.6 Å². The fourth-order valence-electron chi connectivity index (χ4n) is 3.48. The highest BCUT2D eigenvalue weighted by Crippen LogP contribution is 2.26. The van der Waals surface area contributed by atoms with E-state index in [9.17, 15) is 14.9 Å². The first-order valence-electron chi connectivity index (χ1n) is 11.0. The van der Waals surface area contributed by atoms with E-state index in [1.54, 1.807) is 24.3 Å². The molecule has 0 saturated carbocycles. The summed E-state index contributed by atoms with van der Waals surface area (Å²) < 4.78 is 7.91. The summed E-state index contributed by atoms with van der Waals surface area (Å²) in [6, 6.07) is 16.7. The molecule has 0 fully saturated rings. The van der Waals surface area contributed by atoms with Crippen molar-refractivity contribution in [2.24, 2.45) is 5.10 Å². The Balaban J connectivity index is 1.79. The Morgan fingerprint density at radius 3 is 2.53 bits per heavy atom. The quantitative estimate of drug-likeness (QED) is 0.150. The maximum atomic E-state index is 13.4. The molecule has 0 amide bonds. The molecule has 0 atom stereocenters. The molecular weight excluding hydrogens is 548 g/mol. The molecule has 3 aromatic carbocycles. The van der Waals surface area contributed by atoms with Crippen molar-refractivity contribution in [3.63, 3.8) is 0 Å². The van der Waals surface area contributed by atoms with Gasteiger partial charge in [-0.25, -0.2) is 4.98 Å². The third-order valence-corrected chi connectivity index (χ3v) is 6.05. The van der Waals surface area contributed by atoms with E-state index in [0.717, 1.165) is 10.0 Å². The van der Waals surface area contributed by atoms with Crippen LogP contribution in [0.15, 0.2) is 75.0 Å². The first-order chi connectivity index (χ1) is 17.0. The van der Waals surface area contributed by atoms with E-state index in [1.165, 1.54) is 29.1 Å². The van der Waals surface area contributed by atoms with E-state index in [2.05, 4.69) is 21.0 Å². The Labute approximate surface area is 220 Å². The highest BCUT2D eigenvalue weighted by Gasteiger charge is 2.23. The van der Waals surface area contributed by atoms with Crippen molar-refractivity contribution in [3.8, 4) is 5.75 Å². The highest BCUT2D eigenvalue weighted by atomic mass is 79.9. The van der Waals surface area contributed by atoms with E-state index in [4.69, 9.17) is 21.3 Å². The highest BCUT2D eigenvalue weighted by molar-refractivity contribution is 9.10. The van der Waals surface area contributed by atoms with Crippen molar-refractivity contribution in [2.75, 3.05) is 0 Å². The van der Waals surface area contributed by atoms with E-state index in [0.29, 0.717) is 33.1 Å². The number of non-ortho nitro benzene ring substituents is 1. The average molecular weight is 570 g/mol. The van der Waals surface area contributed by atoms with Gasteiger partial charge in [-0.1, -0.05) is 60.4 Å². The standard InChI is InChI=1S/C26H22BrClN4O4/c1-26(2,3)25-30-22-10-6-18(27)13-21(22)24(33)31(25)29-14-17-12-20(32(34)35)9-11-23(17)36-15-16-4-7-19(28)8-5-16/h4-14H,15H2,1-3H3. The van der Waals surface area contributed by atoms with Crippen LogP contribution < -0.4 is 10.3 Å². The molecule has 0 N–H and O–H groups in total. The molecule has 8 nitrogen and oxygen atoms in total. The van der Waals surface area contributed by atoms with Crippen LogP contribution >= 0.6 is 27.5 Å². The molecule has 0 aliphatic rings. The number of nitro benzene ring substituents is 1. The summed E-state index contributed by atoms with van der Waals surface area (Å²) in [6.45, 7) is 6.01. The van der Waals surface area contributed by atoms with E-state index >= 15 is 0 Å². The predicted molar refractivity (Wildman–Crippen MR) is 144 cm³/mol. The summed E-state index contributed by atoms with van der Waals surface area (Å²) in [7, 11) is 0. The lowest BCUT2D eigenvalue weighted by Crippen LogP contribution is -2.29. The van der Waals surface area contributed by atoms with Crippen LogP contribution in [0.2, 0.25) is 5.02 Å². The minimum absolute atomic E-state index is 0.126. The zero-order valence-corrected chi connectivity index (χ0v) is 22.1.